The number of anilines is 4. The lowest BCUT2D eigenvalue weighted by Crippen LogP contribution is -2.22. The summed E-state index contributed by atoms with van der Waals surface area (Å²) in [6.07, 6.45) is 14.8. The first-order valence-corrected chi connectivity index (χ1v) is 25.0. The molecule has 4 aliphatic carbocycles. The summed E-state index contributed by atoms with van der Waals surface area (Å²) in [6, 6.07) is 6.06. The highest BCUT2D eigenvalue weighted by Crippen LogP contribution is 2.54. The Hall–Kier alpha value is -8.11. The Kier molecular flexibility index (Phi) is 20.3. The van der Waals surface area contributed by atoms with Crippen LogP contribution in [-0.2, 0) is 28.6 Å². The molecule has 0 amide bonds. The Morgan fingerprint density at radius 1 is 0.443 bits per heavy atom. The summed E-state index contributed by atoms with van der Waals surface area (Å²) in [4.78, 5) is 95.2. The van der Waals surface area contributed by atoms with E-state index in [1.165, 1.54) is 67.3 Å². The predicted octanol–water partition coefficient (Wildman–Crippen LogP) is -0.215. The Labute approximate surface area is 452 Å². The van der Waals surface area contributed by atoms with Gasteiger partial charge in [-0.3, -0.25) is 32.7 Å². The lowest BCUT2D eigenvalue weighted by atomic mass is 10.1. The summed E-state index contributed by atoms with van der Waals surface area (Å²) in [5.41, 5.74) is 20.8. The van der Waals surface area contributed by atoms with Gasteiger partial charge in [-0.15, -0.1) is 0 Å². The highest BCUT2D eigenvalue weighted by atomic mass is 16.5. The van der Waals surface area contributed by atoms with Crippen molar-refractivity contribution in [2.75, 3.05) is 75.8 Å². The van der Waals surface area contributed by atoms with Crippen LogP contribution in [0.25, 0.3) is 24.8 Å². The topological polar surface area (TPSA) is 424 Å². The van der Waals surface area contributed by atoms with Gasteiger partial charge in [-0.2, -0.15) is 19.9 Å². The van der Waals surface area contributed by atoms with Crippen molar-refractivity contribution in [3.05, 3.63) is 113 Å². The van der Waals surface area contributed by atoms with Crippen LogP contribution in [0.2, 0.25) is 0 Å². The Bertz CT molecular complexity index is 2980. The average molecular weight is 1100 g/mol. The predicted molar refractivity (Wildman–Crippen MR) is 290 cm³/mol. The van der Waals surface area contributed by atoms with E-state index in [0.29, 0.717) is 25.7 Å². The van der Waals surface area contributed by atoms with E-state index < -0.39 is 44.4 Å². The maximum absolute atomic E-state index is 11.6. The summed E-state index contributed by atoms with van der Waals surface area (Å²) in [7, 11) is 0. The summed E-state index contributed by atoms with van der Waals surface area (Å²) >= 11 is 0. The van der Waals surface area contributed by atoms with Gasteiger partial charge in [-0.25, -0.2) is 19.2 Å². The van der Waals surface area contributed by atoms with Gasteiger partial charge in [0.05, 0.1) is 67.0 Å². The Balaban J connectivity index is 0.000000195. The molecule has 4 aliphatic rings. The number of nitrogens with zero attached hydrogens (tertiary/aromatic N) is 8. The maximum atomic E-state index is 11.6. The minimum absolute atomic E-state index is 0.115. The summed E-state index contributed by atoms with van der Waals surface area (Å²) in [6.45, 7) is 10.2. The van der Waals surface area contributed by atoms with E-state index in [9.17, 15) is 48.9 Å². The van der Waals surface area contributed by atoms with Gasteiger partial charge in [0.25, 0.3) is 0 Å². The van der Waals surface area contributed by atoms with E-state index >= 15 is 0 Å². The maximum Gasteiger partial charge on any atom is 0.353 e. The number of ether oxygens (including phenoxy) is 3. The Morgan fingerprint density at radius 3 is 0.823 bits per heavy atom. The molecule has 4 aromatic heterocycles. The van der Waals surface area contributed by atoms with Crippen LogP contribution in [0.3, 0.4) is 0 Å². The van der Waals surface area contributed by atoms with E-state index in [4.69, 9.17) is 47.4 Å². The number of carbonyl (C=O) groups is 3. The lowest BCUT2D eigenvalue weighted by Gasteiger charge is -2.13. The van der Waals surface area contributed by atoms with Gasteiger partial charge in [-0.05, 0) is 72.2 Å². The van der Waals surface area contributed by atoms with Gasteiger partial charge in [0.1, 0.15) is 43.1 Å². The average Bonchev–Trinajstić information content (AvgIpc) is 4.41. The first-order valence-electron chi connectivity index (χ1n) is 25.0. The minimum Gasteiger partial charge on any atom is -0.464 e. The fourth-order valence-corrected chi connectivity index (χ4v) is 7.31. The van der Waals surface area contributed by atoms with Crippen molar-refractivity contribution in [1.82, 2.24) is 38.2 Å². The van der Waals surface area contributed by atoms with Crippen LogP contribution in [0.5, 0.6) is 0 Å². The zero-order chi connectivity index (χ0) is 58.6. The summed E-state index contributed by atoms with van der Waals surface area (Å²) in [5.74, 6) is -0.908. The molecule has 1 unspecified atom stereocenters. The normalized spacial score (nSPS) is 22.1. The summed E-state index contributed by atoms with van der Waals surface area (Å²) < 4.78 is 20.7. The van der Waals surface area contributed by atoms with Gasteiger partial charge >= 0.3 is 40.7 Å². The van der Waals surface area contributed by atoms with E-state index in [1.807, 2.05) is 0 Å². The van der Waals surface area contributed by atoms with Crippen molar-refractivity contribution in [1.29, 1.82) is 0 Å². The number of nitrogens with two attached hydrogens (primary N) is 4. The van der Waals surface area contributed by atoms with Gasteiger partial charge in [-0.1, -0.05) is 41.5 Å². The third-order valence-corrected chi connectivity index (χ3v) is 13.3. The number of nitrogen functional groups attached to an aromatic ring is 4. The van der Waals surface area contributed by atoms with Crippen LogP contribution < -0.4 is 45.7 Å². The Morgan fingerprint density at radius 2 is 0.646 bits per heavy atom. The van der Waals surface area contributed by atoms with Crippen LogP contribution >= 0.6 is 0 Å². The molecule has 4 heterocycles. The van der Waals surface area contributed by atoms with Crippen molar-refractivity contribution >= 4 is 66.0 Å². The molecule has 4 aromatic rings. The van der Waals surface area contributed by atoms with Gasteiger partial charge in [0.15, 0.2) is 0 Å². The molecule has 4 fully saturated rings. The smallest absolute Gasteiger partial charge is 0.353 e. The number of rotatable bonds is 18. The number of hydrogen-bond donors (Lipinski definition) is 9. The summed E-state index contributed by atoms with van der Waals surface area (Å²) in [5, 5.41) is 46.7. The first-order chi connectivity index (χ1) is 37.2. The van der Waals surface area contributed by atoms with Crippen molar-refractivity contribution in [2.24, 2.45) is 39.4 Å². The van der Waals surface area contributed by atoms with Crippen molar-refractivity contribution in [2.45, 2.75) is 67.2 Å². The highest BCUT2D eigenvalue weighted by molar-refractivity contribution is 5.72. The molecule has 79 heavy (non-hydrogen) atoms. The quantitative estimate of drug-likeness (QED) is 0.0459. The lowest BCUT2D eigenvalue weighted by molar-refractivity contribution is -0.150. The molecule has 13 N–H and O–H groups in total. The number of aliphatic hydroxyl groups excluding tert-OH is 5. The molecule has 4 saturated carbocycles. The molecule has 3 atom stereocenters. The molecule has 27 nitrogen and oxygen atoms in total. The van der Waals surface area contributed by atoms with Crippen LogP contribution in [0.4, 0.5) is 23.3 Å². The van der Waals surface area contributed by atoms with Crippen LogP contribution in [0.15, 0.2) is 90.5 Å². The zero-order valence-corrected chi connectivity index (χ0v) is 44.9. The second kappa shape index (κ2) is 26.0. The molecule has 0 aromatic carbocycles. The highest BCUT2D eigenvalue weighted by Gasteiger charge is 2.52. The van der Waals surface area contributed by atoms with Crippen molar-refractivity contribution in [3.8, 4) is 0 Å². The van der Waals surface area contributed by atoms with Gasteiger partial charge in [0.2, 0.25) is 0 Å². The minimum atomic E-state index is -0.578. The van der Waals surface area contributed by atoms with Crippen LogP contribution in [-0.4, -0.2) is 134 Å². The number of esters is 3. The SMILES string of the molecule is CC(C)C(=O)OCC1(CO)C/C1=C/n1ccc(N)nc1=O.CC(C)C(=O)OC[C@@]1(CO)C/C1=C/n1ccc(N)nc1=O.CC(C)C(=O)OC[C@]1(CO)C/C1=C/n1ccc(N)nc1=O.Nc1ccn(/C=C2/CC2(CO)CO)c(=O)n1. The molecule has 0 spiro atoms. The van der Waals surface area contributed by atoms with E-state index in [0.717, 1.165) is 22.3 Å². The molecular formula is C52H70N12O15. The van der Waals surface area contributed by atoms with E-state index in [2.05, 4.69) is 19.9 Å². The molecule has 8 rings (SSSR count). The monoisotopic (exact) mass is 1100 g/mol. The van der Waals surface area contributed by atoms with E-state index in [1.54, 1.807) is 66.3 Å². The fourth-order valence-electron chi connectivity index (χ4n) is 7.31. The third-order valence-electron chi connectivity index (χ3n) is 13.3. The molecule has 428 valence electrons. The first kappa shape index (κ1) is 61.7. The van der Waals surface area contributed by atoms with Gasteiger partial charge < -0.3 is 62.7 Å². The largest absolute Gasteiger partial charge is 0.464 e. The zero-order valence-electron chi connectivity index (χ0n) is 44.9. The second-order valence-corrected chi connectivity index (χ2v) is 20.7. The van der Waals surface area contributed by atoms with Gasteiger partial charge in [0, 0.05) is 55.0 Å². The number of aliphatic hydroxyl groups is 5. The van der Waals surface area contributed by atoms with Crippen LogP contribution in [0.1, 0.15) is 67.2 Å². The number of hydrogen-bond acceptors (Lipinski definition) is 23. The molecular weight excluding hydrogens is 1030 g/mol. The number of carbonyl (C=O) groups excluding carboxylic acids is 3. The molecule has 0 aliphatic heterocycles. The molecule has 0 radical (unpaired) electrons. The van der Waals surface area contributed by atoms with Crippen molar-refractivity contribution in [3.63, 3.8) is 0 Å². The molecule has 27 heteroatoms. The number of aromatic nitrogens is 8. The fraction of sp³-hybridized carbons (Fsp3) is 0.481. The standard InChI is InChI=1S/3C14H19N3O4.C10H13N3O3/c3*1-9(2)12(19)21-8-14(7-18)5-10(14)6-17-4-3-11(15)16-13(17)20;11-8-1-2-13(9(16)12-8)4-7-3-10(7,5-14)6-15/h3*3-4,6,9,18H,5,7-8H2,1-2H3,(H2,15,16,20);1-2,4,14-15H,3,5-6H2,(H2,11,12,16)/b3*10-6-;7-4-/t2*14-;;/m10../s1. The van der Waals surface area contributed by atoms with E-state index in [-0.39, 0.29) is 112 Å². The van der Waals surface area contributed by atoms with Crippen molar-refractivity contribution < 1.29 is 54.1 Å². The third kappa shape index (κ3) is 16.2. The molecule has 0 bridgehead atoms. The second-order valence-electron chi connectivity index (χ2n) is 20.7. The van der Waals surface area contributed by atoms with Crippen LogP contribution in [0, 0.1) is 39.4 Å². The molecule has 0 saturated heterocycles.